The third kappa shape index (κ3) is 4.01. The van der Waals surface area contributed by atoms with Gasteiger partial charge in [-0.25, -0.2) is 0 Å². The van der Waals surface area contributed by atoms with Gasteiger partial charge in [-0.05, 0) is 61.6 Å². The Morgan fingerprint density at radius 2 is 2.05 bits per heavy atom. The number of piperidine rings is 1. The summed E-state index contributed by atoms with van der Waals surface area (Å²) in [5.41, 5.74) is 2.43. The first-order valence-electron chi connectivity index (χ1n) is 7.95. The van der Waals surface area contributed by atoms with Crippen molar-refractivity contribution in [2.75, 3.05) is 25.5 Å². The van der Waals surface area contributed by atoms with Crippen molar-refractivity contribution in [1.82, 2.24) is 20.1 Å². The molecule has 3 rings (SSSR count). The summed E-state index contributed by atoms with van der Waals surface area (Å²) in [7, 11) is 1.86. The highest BCUT2D eigenvalue weighted by atomic mass is 15.2. The molecule has 22 heavy (non-hydrogen) atoms. The fourth-order valence-electron chi connectivity index (χ4n) is 3.11. The lowest BCUT2D eigenvalue weighted by atomic mass is 9.93. The molecule has 3 heterocycles. The van der Waals surface area contributed by atoms with Gasteiger partial charge in [0.1, 0.15) is 5.82 Å². The summed E-state index contributed by atoms with van der Waals surface area (Å²) < 4.78 is 0. The molecule has 0 radical (unpaired) electrons. The van der Waals surface area contributed by atoms with Crippen molar-refractivity contribution >= 4 is 5.82 Å². The van der Waals surface area contributed by atoms with Gasteiger partial charge in [-0.15, -0.1) is 5.10 Å². The molecule has 0 amide bonds. The number of hydrogen-bond donors (Lipinski definition) is 1. The Morgan fingerprint density at radius 1 is 1.18 bits per heavy atom. The zero-order valence-corrected chi connectivity index (χ0v) is 13.1. The van der Waals surface area contributed by atoms with Crippen LogP contribution in [0.2, 0.25) is 0 Å². The second kappa shape index (κ2) is 7.31. The summed E-state index contributed by atoms with van der Waals surface area (Å²) in [5, 5.41) is 11.5. The molecule has 1 fully saturated rings. The normalized spacial score (nSPS) is 19.0. The zero-order valence-electron chi connectivity index (χ0n) is 13.1. The van der Waals surface area contributed by atoms with Crippen LogP contribution in [0.5, 0.6) is 0 Å². The standard InChI is InChI=1S/C17H23N5/c1-18-17-5-4-16(20-21-17)11-15-3-2-10-22(13-15)12-14-6-8-19-9-7-14/h4-9,15H,2-3,10-13H2,1H3,(H,18,21)/t15-/m0/s1. The van der Waals surface area contributed by atoms with Gasteiger partial charge in [0.15, 0.2) is 0 Å². The van der Waals surface area contributed by atoms with Gasteiger partial charge in [-0.1, -0.05) is 0 Å². The van der Waals surface area contributed by atoms with Crippen molar-refractivity contribution in [3.05, 3.63) is 47.9 Å². The average molecular weight is 297 g/mol. The fraction of sp³-hybridized carbons (Fsp3) is 0.471. The first-order valence-corrected chi connectivity index (χ1v) is 7.95. The van der Waals surface area contributed by atoms with Crippen molar-refractivity contribution in [3.8, 4) is 0 Å². The Labute approximate surface area is 131 Å². The van der Waals surface area contributed by atoms with Gasteiger partial charge in [0.2, 0.25) is 0 Å². The third-order valence-electron chi connectivity index (χ3n) is 4.23. The number of nitrogens with zero attached hydrogens (tertiary/aromatic N) is 4. The van der Waals surface area contributed by atoms with Gasteiger partial charge in [0.05, 0.1) is 5.69 Å². The number of likely N-dealkylation sites (tertiary alicyclic amines) is 1. The van der Waals surface area contributed by atoms with Gasteiger partial charge in [0, 0.05) is 32.5 Å². The number of anilines is 1. The van der Waals surface area contributed by atoms with Crippen molar-refractivity contribution in [2.45, 2.75) is 25.8 Å². The quantitative estimate of drug-likeness (QED) is 0.918. The summed E-state index contributed by atoms with van der Waals surface area (Å²) in [6.07, 6.45) is 7.30. The average Bonchev–Trinajstić information content (AvgIpc) is 2.57. The molecule has 0 saturated carbocycles. The van der Waals surface area contributed by atoms with Crippen molar-refractivity contribution in [3.63, 3.8) is 0 Å². The molecule has 116 valence electrons. The molecule has 0 spiro atoms. The lowest BCUT2D eigenvalue weighted by molar-refractivity contribution is 0.166. The lowest BCUT2D eigenvalue weighted by Crippen LogP contribution is -2.35. The van der Waals surface area contributed by atoms with Crippen LogP contribution in [-0.2, 0) is 13.0 Å². The molecule has 1 aliphatic rings. The van der Waals surface area contributed by atoms with E-state index in [4.69, 9.17) is 0 Å². The molecule has 2 aromatic rings. The predicted molar refractivity (Wildman–Crippen MR) is 87.5 cm³/mol. The van der Waals surface area contributed by atoms with E-state index in [1.54, 1.807) is 0 Å². The first-order chi connectivity index (χ1) is 10.8. The van der Waals surface area contributed by atoms with Crippen LogP contribution in [0.1, 0.15) is 24.1 Å². The van der Waals surface area contributed by atoms with Crippen LogP contribution in [0.3, 0.4) is 0 Å². The molecule has 2 aromatic heterocycles. The number of nitrogens with one attached hydrogen (secondary N) is 1. The van der Waals surface area contributed by atoms with E-state index >= 15 is 0 Å². The third-order valence-corrected chi connectivity index (χ3v) is 4.23. The van der Waals surface area contributed by atoms with Crippen LogP contribution >= 0.6 is 0 Å². The van der Waals surface area contributed by atoms with Gasteiger partial charge >= 0.3 is 0 Å². The minimum atomic E-state index is 0.672. The monoisotopic (exact) mass is 297 g/mol. The summed E-state index contributed by atoms with van der Waals surface area (Å²) in [6, 6.07) is 8.29. The molecule has 5 nitrogen and oxygen atoms in total. The highest BCUT2D eigenvalue weighted by Crippen LogP contribution is 2.21. The number of hydrogen-bond acceptors (Lipinski definition) is 5. The van der Waals surface area contributed by atoms with E-state index in [-0.39, 0.29) is 0 Å². The molecule has 0 bridgehead atoms. The van der Waals surface area contributed by atoms with Crippen LogP contribution in [0.4, 0.5) is 5.82 Å². The minimum Gasteiger partial charge on any atom is -0.372 e. The van der Waals surface area contributed by atoms with E-state index in [9.17, 15) is 0 Å². The molecule has 1 atom stereocenters. The summed E-state index contributed by atoms with van der Waals surface area (Å²) in [5.74, 6) is 1.50. The SMILES string of the molecule is CNc1ccc(C[C@@H]2CCCN(Cc3ccncc3)C2)nn1. The fourth-order valence-corrected chi connectivity index (χ4v) is 3.11. The van der Waals surface area contributed by atoms with Crippen LogP contribution in [0.15, 0.2) is 36.7 Å². The zero-order chi connectivity index (χ0) is 15.2. The van der Waals surface area contributed by atoms with Gasteiger partial charge < -0.3 is 5.32 Å². The van der Waals surface area contributed by atoms with E-state index in [0.29, 0.717) is 5.92 Å². The number of aromatic nitrogens is 3. The topological polar surface area (TPSA) is 53.9 Å². The Kier molecular flexibility index (Phi) is 4.96. The predicted octanol–water partition coefficient (Wildman–Crippen LogP) is 2.37. The van der Waals surface area contributed by atoms with Crippen molar-refractivity contribution in [1.29, 1.82) is 0 Å². The number of rotatable bonds is 5. The van der Waals surface area contributed by atoms with Gasteiger partial charge in [0.25, 0.3) is 0 Å². The molecular formula is C17H23N5. The molecule has 1 aliphatic heterocycles. The Balaban J connectivity index is 1.55. The van der Waals surface area contributed by atoms with E-state index in [2.05, 4.69) is 43.6 Å². The van der Waals surface area contributed by atoms with Crippen molar-refractivity contribution < 1.29 is 0 Å². The maximum atomic E-state index is 4.31. The first kappa shape index (κ1) is 14.9. The van der Waals surface area contributed by atoms with E-state index in [1.807, 2.05) is 25.5 Å². The second-order valence-electron chi connectivity index (χ2n) is 5.96. The van der Waals surface area contributed by atoms with Crippen LogP contribution in [-0.4, -0.2) is 40.2 Å². The summed E-state index contributed by atoms with van der Waals surface area (Å²) >= 11 is 0. The molecule has 1 N–H and O–H groups in total. The molecular weight excluding hydrogens is 274 g/mol. The van der Waals surface area contributed by atoms with Crippen LogP contribution < -0.4 is 5.32 Å². The molecule has 0 unspecified atom stereocenters. The van der Waals surface area contributed by atoms with E-state index in [0.717, 1.165) is 31.0 Å². The van der Waals surface area contributed by atoms with E-state index < -0.39 is 0 Å². The largest absolute Gasteiger partial charge is 0.372 e. The second-order valence-corrected chi connectivity index (χ2v) is 5.96. The smallest absolute Gasteiger partial charge is 0.148 e. The molecule has 0 aromatic carbocycles. The Bertz CT molecular complexity index is 569. The number of pyridine rings is 1. The van der Waals surface area contributed by atoms with Crippen LogP contribution in [0.25, 0.3) is 0 Å². The Morgan fingerprint density at radius 3 is 2.77 bits per heavy atom. The summed E-state index contributed by atoms with van der Waals surface area (Å²) in [4.78, 5) is 6.63. The molecule has 0 aliphatic carbocycles. The highest BCUT2D eigenvalue weighted by molar-refractivity contribution is 5.31. The van der Waals surface area contributed by atoms with Gasteiger partial charge in [-0.3, -0.25) is 9.88 Å². The van der Waals surface area contributed by atoms with E-state index in [1.165, 1.54) is 24.9 Å². The van der Waals surface area contributed by atoms with Crippen LogP contribution in [0, 0.1) is 5.92 Å². The molecule has 1 saturated heterocycles. The lowest BCUT2D eigenvalue weighted by Gasteiger charge is -2.32. The van der Waals surface area contributed by atoms with Crippen molar-refractivity contribution in [2.24, 2.45) is 5.92 Å². The highest BCUT2D eigenvalue weighted by Gasteiger charge is 2.20. The maximum absolute atomic E-state index is 4.31. The molecule has 5 heteroatoms. The summed E-state index contributed by atoms with van der Waals surface area (Å²) in [6.45, 7) is 3.34. The van der Waals surface area contributed by atoms with Gasteiger partial charge in [-0.2, -0.15) is 5.10 Å². The Hall–Kier alpha value is -2.01. The maximum Gasteiger partial charge on any atom is 0.148 e. The minimum absolute atomic E-state index is 0.672.